The lowest BCUT2D eigenvalue weighted by Gasteiger charge is -2.12. The Kier molecular flexibility index (Phi) is 15.3. The highest BCUT2D eigenvalue weighted by Crippen LogP contribution is 2.14. The molecule has 0 bridgehead atoms. The van der Waals surface area contributed by atoms with Gasteiger partial charge in [0, 0.05) is 0 Å². The Morgan fingerprint density at radius 3 is 1.60 bits per heavy atom. The lowest BCUT2D eigenvalue weighted by atomic mass is 10.0. The minimum Gasteiger partial charge on any atom is -0.393 e. The number of hydrogen-bond acceptors (Lipinski definition) is 2. The van der Waals surface area contributed by atoms with Crippen LogP contribution in [0, 0.1) is 6.92 Å². The monoisotopic (exact) mass is 285 g/mol. The zero-order valence-corrected chi connectivity index (χ0v) is 13.7. The molecule has 0 saturated heterocycles. The Balaban J connectivity index is 3.15. The van der Waals surface area contributed by atoms with Crippen molar-refractivity contribution in [2.45, 2.75) is 109 Å². The van der Waals surface area contributed by atoms with Crippen LogP contribution >= 0.6 is 0 Å². The quantitative estimate of drug-likeness (QED) is 0.415. The lowest BCUT2D eigenvalue weighted by Crippen LogP contribution is -2.12. The predicted molar refractivity (Wildman–Crippen MR) is 87.7 cm³/mol. The second-order valence-corrected chi connectivity index (χ2v) is 6.14. The van der Waals surface area contributed by atoms with Crippen LogP contribution < -0.4 is 0 Å². The molecule has 2 nitrogen and oxygen atoms in total. The molecule has 20 heavy (non-hydrogen) atoms. The van der Waals surface area contributed by atoms with E-state index < -0.39 is 0 Å². The van der Waals surface area contributed by atoms with Crippen LogP contribution in [0.1, 0.15) is 96.8 Å². The molecule has 0 amide bonds. The fourth-order valence-corrected chi connectivity index (χ4v) is 2.54. The third kappa shape index (κ3) is 14.3. The highest BCUT2D eigenvalue weighted by molar-refractivity contribution is 4.62. The first-order valence-corrected chi connectivity index (χ1v) is 8.86. The van der Waals surface area contributed by atoms with Gasteiger partial charge in [-0.25, -0.2) is 0 Å². The lowest BCUT2D eigenvalue weighted by molar-refractivity contribution is 0.108. The van der Waals surface area contributed by atoms with Gasteiger partial charge in [-0.05, 0) is 25.7 Å². The molecule has 0 aromatic carbocycles. The maximum atomic E-state index is 9.79. The zero-order valence-electron chi connectivity index (χ0n) is 13.7. The van der Waals surface area contributed by atoms with Gasteiger partial charge in [-0.15, -0.1) is 0 Å². The second-order valence-electron chi connectivity index (χ2n) is 6.14. The number of aliphatic hydroxyl groups is 2. The Bertz CT molecular complexity index is 182. The first-order chi connectivity index (χ1) is 9.70. The molecular weight excluding hydrogens is 248 g/mol. The summed E-state index contributed by atoms with van der Waals surface area (Å²) in [4.78, 5) is 0. The van der Waals surface area contributed by atoms with Gasteiger partial charge in [0.2, 0.25) is 0 Å². The van der Waals surface area contributed by atoms with Gasteiger partial charge in [-0.1, -0.05) is 78.1 Å². The summed E-state index contributed by atoms with van der Waals surface area (Å²) in [6.45, 7) is 5.92. The summed E-state index contributed by atoms with van der Waals surface area (Å²) >= 11 is 0. The standard InChI is InChI=1S/C18H37O2/c1-3-5-6-7-8-9-10-11-12-13-14-18(20)16-15-17(19)4-2/h17-20H,2-16H2,1H3. The highest BCUT2D eigenvalue weighted by Gasteiger charge is 2.07. The summed E-state index contributed by atoms with van der Waals surface area (Å²) < 4.78 is 0. The maximum Gasteiger partial charge on any atom is 0.0541 e. The number of unbranched alkanes of at least 4 members (excludes halogenated alkanes) is 9. The van der Waals surface area contributed by atoms with Crippen molar-refractivity contribution in [2.24, 2.45) is 0 Å². The largest absolute Gasteiger partial charge is 0.393 e. The van der Waals surface area contributed by atoms with Gasteiger partial charge in [-0.2, -0.15) is 0 Å². The van der Waals surface area contributed by atoms with E-state index in [2.05, 4.69) is 13.8 Å². The summed E-state index contributed by atoms with van der Waals surface area (Å²) in [7, 11) is 0. The number of hydrogen-bond donors (Lipinski definition) is 2. The van der Waals surface area contributed by atoms with E-state index in [0.29, 0.717) is 19.3 Å². The smallest absolute Gasteiger partial charge is 0.0541 e. The molecule has 0 aromatic rings. The molecule has 1 radical (unpaired) electrons. The van der Waals surface area contributed by atoms with Crippen molar-refractivity contribution in [1.29, 1.82) is 0 Å². The van der Waals surface area contributed by atoms with Crippen LogP contribution in [-0.2, 0) is 0 Å². The summed E-state index contributed by atoms with van der Waals surface area (Å²) in [6.07, 6.45) is 15.6. The Morgan fingerprint density at radius 2 is 1.10 bits per heavy atom. The van der Waals surface area contributed by atoms with Crippen molar-refractivity contribution in [3.8, 4) is 0 Å². The van der Waals surface area contributed by atoms with Gasteiger partial charge in [0.1, 0.15) is 0 Å². The molecule has 0 rings (SSSR count). The third-order valence-corrected chi connectivity index (χ3v) is 4.06. The molecule has 0 aliphatic heterocycles. The molecule has 2 heteroatoms. The van der Waals surface area contributed by atoms with Crippen molar-refractivity contribution in [3.05, 3.63) is 6.92 Å². The van der Waals surface area contributed by atoms with E-state index in [1.807, 2.05) is 0 Å². The molecule has 0 aliphatic rings. The molecule has 0 aromatic heterocycles. The molecule has 2 atom stereocenters. The molecule has 0 spiro atoms. The van der Waals surface area contributed by atoms with E-state index in [4.69, 9.17) is 0 Å². The van der Waals surface area contributed by atoms with Gasteiger partial charge in [0.05, 0.1) is 12.2 Å². The molecule has 0 fully saturated rings. The van der Waals surface area contributed by atoms with Crippen molar-refractivity contribution in [3.63, 3.8) is 0 Å². The van der Waals surface area contributed by atoms with Crippen LogP contribution in [0.25, 0.3) is 0 Å². The SMILES string of the molecule is [CH2]CC(O)CCC(O)CCCCCCCCCCCC. The van der Waals surface area contributed by atoms with Crippen LogP contribution in [0.3, 0.4) is 0 Å². The molecule has 2 unspecified atom stereocenters. The summed E-state index contributed by atoms with van der Waals surface area (Å²) in [6, 6.07) is 0. The first kappa shape index (κ1) is 19.9. The van der Waals surface area contributed by atoms with E-state index in [-0.39, 0.29) is 12.2 Å². The average Bonchev–Trinajstić information content (AvgIpc) is 2.46. The fraction of sp³-hybridized carbons (Fsp3) is 0.944. The van der Waals surface area contributed by atoms with Crippen LogP contribution in [0.4, 0.5) is 0 Å². The van der Waals surface area contributed by atoms with E-state index in [0.717, 1.165) is 12.8 Å². The molecule has 0 aliphatic carbocycles. The molecule has 121 valence electrons. The van der Waals surface area contributed by atoms with E-state index in [9.17, 15) is 10.2 Å². The van der Waals surface area contributed by atoms with E-state index in [1.165, 1.54) is 57.8 Å². The van der Waals surface area contributed by atoms with E-state index in [1.54, 1.807) is 0 Å². The van der Waals surface area contributed by atoms with Gasteiger partial charge in [0.15, 0.2) is 0 Å². The van der Waals surface area contributed by atoms with Gasteiger partial charge < -0.3 is 10.2 Å². The molecular formula is C18H37O2. The topological polar surface area (TPSA) is 40.5 Å². The Labute approximate surface area is 127 Å². The first-order valence-electron chi connectivity index (χ1n) is 8.86. The summed E-state index contributed by atoms with van der Waals surface area (Å²) in [5.41, 5.74) is 0. The second kappa shape index (κ2) is 15.3. The third-order valence-electron chi connectivity index (χ3n) is 4.06. The van der Waals surface area contributed by atoms with Crippen LogP contribution in [0.2, 0.25) is 0 Å². The normalized spacial score (nSPS) is 14.4. The minimum atomic E-state index is -0.336. The average molecular weight is 285 g/mol. The summed E-state index contributed by atoms with van der Waals surface area (Å²) in [5, 5.41) is 19.2. The van der Waals surface area contributed by atoms with Crippen molar-refractivity contribution in [1.82, 2.24) is 0 Å². The number of rotatable bonds is 15. The predicted octanol–water partition coefficient (Wildman–Crippen LogP) is 5.02. The fourth-order valence-electron chi connectivity index (χ4n) is 2.54. The molecule has 2 N–H and O–H groups in total. The van der Waals surface area contributed by atoms with Crippen molar-refractivity contribution < 1.29 is 10.2 Å². The van der Waals surface area contributed by atoms with Crippen molar-refractivity contribution >= 4 is 0 Å². The van der Waals surface area contributed by atoms with Gasteiger partial charge in [-0.3, -0.25) is 0 Å². The van der Waals surface area contributed by atoms with Crippen LogP contribution in [0.5, 0.6) is 0 Å². The highest BCUT2D eigenvalue weighted by atomic mass is 16.3. The van der Waals surface area contributed by atoms with Gasteiger partial charge in [0.25, 0.3) is 0 Å². The number of aliphatic hydroxyl groups excluding tert-OH is 2. The Morgan fingerprint density at radius 1 is 0.650 bits per heavy atom. The summed E-state index contributed by atoms with van der Waals surface area (Å²) in [5.74, 6) is 0. The van der Waals surface area contributed by atoms with E-state index >= 15 is 0 Å². The Hall–Kier alpha value is -0.0800. The minimum absolute atomic E-state index is 0.231. The van der Waals surface area contributed by atoms with Crippen LogP contribution in [0.15, 0.2) is 0 Å². The maximum absolute atomic E-state index is 9.79. The molecule has 0 saturated carbocycles. The zero-order chi connectivity index (χ0) is 15.1. The van der Waals surface area contributed by atoms with Crippen molar-refractivity contribution in [2.75, 3.05) is 0 Å². The van der Waals surface area contributed by atoms with Crippen LogP contribution in [-0.4, -0.2) is 22.4 Å². The van der Waals surface area contributed by atoms with Gasteiger partial charge >= 0.3 is 0 Å². The molecule has 0 heterocycles.